The second-order valence-corrected chi connectivity index (χ2v) is 8.15. The lowest BCUT2D eigenvalue weighted by Crippen LogP contribution is -2.47. The van der Waals surface area contributed by atoms with Crippen LogP contribution in [0.3, 0.4) is 0 Å². The van der Waals surface area contributed by atoms with E-state index in [0.29, 0.717) is 21.9 Å². The number of hydrogen-bond acceptors (Lipinski definition) is 5. The highest BCUT2D eigenvalue weighted by Crippen LogP contribution is 2.20. The van der Waals surface area contributed by atoms with Gasteiger partial charge in [-0.2, -0.15) is 0 Å². The molecule has 5 nitrogen and oxygen atoms in total. The average molecular weight is 417 g/mol. The van der Waals surface area contributed by atoms with Crippen LogP contribution in [-0.4, -0.2) is 30.4 Å². The van der Waals surface area contributed by atoms with E-state index >= 15 is 0 Å². The lowest BCUT2D eigenvalue weighted by Gasteiger charge is -2.27. The van der Waals surface area contributed by atoms with E-state index in [1.807, 2.05) is 0 Å². The summed E-state index contributed by atoms with van der Waals surface area (Å²) in [6, 6.07) is 12.9. The van der Waals surface area contributed by atoms with E-state index in [4.69, 9.17) is 16.3 Å². The number of carboxylic acid groups (broad SMARTS) is 1. The van der Waals surface area contributed by atoms with Gasteiger partial charge in [-0.15, -0.1) is 0 Å². The SMILES string of the molecule is CC(C)(Oc1ccc(C(=O)c2ccc(Cl)cc2)cc1)C(=O)[O-].CC1CCCNC1. The summed E-state index contributed by atoms with van der Waals surface area (Å²) in [5.41, 5.74) is -0.448. The van der Waals surface area contributed by atoms with Crippen LogP contribution in [0.2, 0.25) is 5.02 Å². The molecular formula is C23H27ClNO4-. The van der Waals surface area contributed by atoms with Gasteiger partial charge in [0.05, 0.1) is 5.97 Å². The zero-order valence-electron chi connectivity index (χ0n) is 17.0. The molecule has 2 aromatic rings. The summed E-state index contributed by atoms with van der Waals surface area (Å²) in [5.74, 6) is -0.188. The number of carboxylic acids is 1. The maximum atomic E-state index is 12.3. The van der Waals surface area contributed by atoms with Crippen LogP contribution in [0.15, 0.2) is 48.5 Å². The van der Waals surface area contributed by atoms with Gasteiger partial charge in [-0.25, -0.2) is 0 Å². The van der Waals surface area contributed by atoms with Gasteiger partial charge in [0.2, 0.25) is 0 Å². The molecule has 156 valence electrons. The van der Waals surface area contributed by atoms with Gasteiger partial charge in [0.25, 0.3) is 0 Å². The summed E-state index contributed by atoms with van der Waals surface area (Å²) in [6.45, 7) is 7.57. The van der Waals surface area contributed by atoms with Crippen LogP contribution < -0.4 is 15.2 Å². The minimum Gasteiger partial charge on any atom is -0.546 e. The van der Waals surface area contributed by atoms with E-state index in [1.165, 1.54) is 39.8 Å². The molecule has 29 heavy (non-hydrogen) atoms. The number of piperidine rings is 1. The first-order valence-electron chi connectivity index (χ1n) is 9.70. The molecular weight excluding hydrogens is 390 g/mol. The quantitative estimate of drug-likeness (QED) is 0.755. The molecule has 1 aliphatic heterocycles. The Morgan fingerprint density at radius 3 is 2.03 bits per heavy atom. The van der Waals surface area contributed by atoms with E-state index in [9.17, 15) is 14.7 Å². The number of carbonyl (C=O) groups excluding carboxylic acids is 2. The fourth-order valence-electron chi connectivity index (χ4n) is 2.80. The number of rotatable bonds is 5. The normalized spacial score (nSPS) is 16.3. The number of ether oxygens (including phenoxy) is 1. The predicted molar refractivity (Wildman–Crippen MR) is 112 cm³/mol. The maximum Gasteiger partial charge on any atom is 0.193 e. The second kappa shape index (κ2) is 10.4. The maximum absolute atomic E-state index is 12.3. The molecule has 0 saturated carbocycles. The number of nitrogens with one attached hydrogen (secondary N) is 1. The average Bonchev–Trinajstić information content (AvgIpc) is 2.69. The molecule has 1 unspecified atom stereocenters. The van der Waals surface area contributed by atoms with Crippen LogP contribution in [0.1, 0.15) is 49.5 Å². The predicted octanol–water partition coefficient (Wildman–Crippen LogP) is 3.48. The first-order valence-corrected chi connectivity index (χ1v) is 10.1. The van der Waals surface area contributed by atoms with Gasteiger partial charge in [-0.3, -0.25) is 4.79 Å². The molecule has 6 heteroatoms. The molecule has 0 radical (unpaired) electrons. The smallest absolute Gasteiger partial charge is 0.193 e. The Kier molecular flexibility index (Phi) is 8.23. The van der Waals surface area contributed by atoms with Crippen molar-refractivity contribution >= 4 is 23.4 Å². The van der Waals surface area contributed by atoms with Crippen molar-refractivity contribution < 1.29 is 19.4 Å². The van der Waals surface area contributed by atoms with Crippen LogP contribution in [0, 0.1) is 5.92 Å². The topological polar surface area (TPSA) is 78.5 Å². The Bertz CT molecular complexity index is 810. The van der Waals surface area contributed by atoms with E-state index in [2.05, 4.69) is 12.2 Å². The summed E-state index contributed by atoms with van der Waals surface area (Å²) in [5, 5.41) is 14.8. The standard InChI is InChI=1S/C17H15ClO4.C6H13N/c1-17(2,16(20)21)22-14-9-5-12(6-10-14)15(19)11-3-7-13(18)8-4-11;1-6-3-2-4-7-5-6/h3-10H,1-2H3,(H,20,21);6-7H,2-5H2,1H3/p-1. The molecule has 0 spiro atoms. The lowest BCUT2D eigenvalue weighted by molar-refractivity contribution is -0.320. The molecule has 0 aromatic heterocycles. The van der Waals surface area contributed by atoms with Gasteiger partial charge in [-0.1, -0.05) is 18.5 Å². The van der Waals surface area contributed by atoms with Crippen molar-refractivity contribution in [1.29, 1.82) is 0 Å². The second-order valence-electron chi connectivity index (χ2n) is 7.71. The third-order valence-electron chi connectivity index (χ3n) is 4.63. The van der Waals surface area contributed by atoms with E-state index in [1.54, 1.807) is 48.5 Å². The molecule has 1 aliphatic rings. The minimum absolute atomic E-state index is 0.151. The highest BCUT2D eigenvalue weighted by Gasteiger charge is 2.21. The largest absolute Gasteiger partial charge is 0.546 e. The summed E-state index contributed by atoms with van der Waals surface area (Å²) in [7, 11) is 0. The van der Waals surface area contributed by atoms with Gasteiger partial charge in [0, 0.05) is 16.1 Å². The van der Waals surface area contributed by atoms with Crippen molar-refractivity contribution in [3.63, 3.8) is 0 Å². The van der Waals surface area contributed by atoms with Crippen molar-refractivity contribution in [1.82, 2.24) is 5.32 Å². The third kappa shape index (κ3) is 7.18. The van der Waals surface area contributed by atoms with Crippen molar-refractivity contribution in [2.75, 3.05) is 13.1 Å². The van der Waals surface area contributed by atoms with Crippen LogP contribution in [0.4, 0.5) is 0 Å². The number of halogens is 1. The molecule has 0 bridgehead atoms. The lowest BCUT2D eigenvalue weighted by atomic mass is 10.0. The monoisotopic (exact) mass is 416 g/mol. The van der Waals surface area contributed by atoms with Gasteiger partial charge in [-0.05, 0) is 94.2 Å². The molecule has 1 fully saturated rings. The van der Waals surface area contributed by atoms with Crippen LogP contribution in [0.25, 0.3) is 0 Å². The molecule has 1 saturated heterocycles. The Balaban J connectivity index is 0.000000360. The summed E-state index contributed by atoms with van der Waals surface area (Å²) >= 11 is 5.79. The van der Waals surface area contributed by atoms with Crippen molar-refractivity contribution in [2.24, 2.45) is 5.92 Å². The minimum atomic E-state index is -1.44. The van der Waals surface area contributed by atoms with Crippen LogP contribution in [-0.2, 0) is 4.79 Å². The van der Waals surface area contributed by atoms with E-state index in [0.717, 1.165) is 5.92 Å². The highest BCUT2D eigenvalue weighted by molar-refractivity contribution is 6.30. The number of carbonyl (C=O) groups is 2. The number of hydrogen-bond donors (Lipinski definition) is 1. The highest BCUT2D eigenvalue weighted by atomic mass is 35.5. The van der Waals surface area contributed by atoms with Gasteiger partial charge in [0.1, 0.15) is 11.4 Å². The van der Waals surface area contributed by atoms with Crippen molar-refractivity contribution in [3.05, 3.63) is 64.7 Å². The molecule has 1 atom stereocenters. The summed E-state index contributed by atoms with van der Waals surface area (Å²) < 4.78 is 5.33. The first-order chi connectivity index (χ1) is 13.7. The number of benzene rings is 2. The Labute approximate surface area is 177 Å². The van der Waals surface area contributed by atoms with E-state index < -0.39 is 11.6 Å². The number of aliphatic carboxylic acids is 1. The molecule has 1 N–H and O–H groups in total. The van der Waals surface area contributed by atoms with Crippen LogP contribution in [0.5, 0.6) is 5.75 Å². The van der Waals surface area contributed by atoms with Crippen LogP contribution >= 0.6 is 11.6 Å². The van der Waals surface area contributed by atoms with Gasteiger partial charge >= 0.3 is 0 Å². The van der Waals surface area contributed by atoms with Crippen molar-refractivity contribution in [2.45, 2.75) is 39.2 Å². The van der Waals surface area contributed by atoms with Gasteiger partial charge in [0.15, 0.2) is 5.78 Å². The molecule has 3 rings (SSSR count). The molecule has 2 aromatic carbocycles. The Morgan fingerprint density at radius 2 is 1.62 bits per heavy atom. The number of ketones is 1. The molecule has 0 aliphatic carbocycles. The third-order valence-corrected chi connectivity index (χ3v) is 4.88. The summed E-state index contributed by atoms with van der Waals surface area (Å²) in [6.07, 6.45) is 2.80. The first kappa shape index (κ1) is 22.9. The van der Waals surface area contributed by atoms with Gasteiger partial charge < -0.3 is 20.0 Å². The zero-order chi connectivity index (χ0) is 21.4. The Hall–Kier alpha value is -2.37. The van der Waals surface area contributed by atoms with E-state index in [-0.39, 0.29) is 5.78 Å². The molecule has 0 amide bonds. The summed E-state index contributed by atoms with van der Waals surface area (Å²) in [4.78, 5) is 23.2. The molecule has 1 heterocycles. The zero-order valence-corrected chi connectivity index (χ0v) is 17.8. The fourth-order valence-corrected chi connectivity index (χ4v) is 2.93. The fraction of sp³-hybridized carbons (Fsp3) is 0.391. The Morgan fingerprint density at radius 1 is 1.07 bits per heavy atom. The van der Waals surface area contributed by atoms with Crippen molar-refractivity contribution in [3.8, 4) is 5.75 Å².